The summed E-state index contributed by atoms with van der Waals surface area (Å²) in [7, 11) is -3.75. The molecule has 1 aromatic carbocycles. The minimum Gasteiger partial charge on any atom is -0.313 e. The standard InChI is InChI=1S/C13H20N2O4S/c1-4-11(14-5-2)10(3)20(18,19)13-9-7-6-8-12(13)15(16)17/h6-11,14H,4-5H2,1-3H3. The van der Waals surface area contributed by atoms with Gasteiger partial charge in [-0.15, -0.1) is 0 Å². The van der Waals surface area contributed by atoms with E-state index in [4.69, 9.17) is 0 Å². The molecule has 0 aliphatic carbocycles. The second-order valence-electron chi connectivity index (χ2n) is 4.55. The molecule has 0 aliphatic heterocycles. The van der Waals surface area contributed by atoms with Crippen LogP contribution in [0.15, 0.2) is 29.2 Å². The van der Waals surface area contributed by atoms with Crippen LogP contribution in [0.25, 0.3) is 0 Å². The van der Waals surface area contributed by atoms with Crippen molar-refractivity contribution in [3.63, 3.8) is 0 Å². The van der Waals surface area contributed by atoms with Crippen molar-refractivity contribution in [2.24, 2.45) is 0 Å². The van der Waals surface area contributed by atoms with Crippen molar-refractivity contribution >= 4 is 15.5 Å². The van der Waals surface area contributed by atoms with Crippen LogP contribution in [0, 0.1) is 10.1 Å². The highest BCUT2D eigenvalue weighted by molar-refractivity contribution is 7.92. The molecule has 0 aromatic heterocycles. The highest BCUT2D eigenvalue weighted by Crippen LogP contribution is 2.28. The SMILES string of the molecule is CCNC(CC)C(C)S(=O)(=O)c1ccccc1[N+](=O)[O-]. The maximum Gasteiger partial charge on any atom is 0.287 e. The van der Waals surface area contributed by atoms with Crippen molar-refractivity contribution in [2.75, 3.05) is 6.54 Å². The lowest BCUT2D eigenvalue weighted by Gasteiger charge is -2.23. The zero-order valence-electron chi connectivity index (χ0n) is 11.9. The number of nitro groups is 1. The Bertz CT molecular complexity index is 571. The maximum atomic E-state index is 12.6. The molecule has 6 nitrogen and oxygen atoms in total. The average molecular weight is 300 g/mol. The van der Waals surface area contributed by atoms with Crippen LogP contribution in [-0.4, -0.2) is 31.2 Å². The molecule has 0 amide bonds. The summed E-state index contributed by atoms with van der Waals surface area (Å²) < 4.78 is 25.2. The van der Waals surface area contributed by atoms with Gasteiger partial charge in [-0.1, -0.05) is 26.0 Å². The molecule has 112 valence electrons. The number of para-hydroxylation sites is 1. The Morgan fingerprint density at radius 2 is 1.90 bits per heavy atom. The van der Waals surface area contributed by atoms with Crippen LogP contribution in [0.2, 0.25) is 0 Å². The first-order valence-electron chi connectivity index (χ1n) is 6.56. The van der Waals surface area contributed by atoms with E-state index in [0.717, 1.165) is 0 Å². The van der Waals surface area contributed by atoms with Gasteiger partial charge in [-0.05, 0) is 26.0 Å². The Morgan fingerprint density at radius 1 is 1.30 bits per heavy atom. The minimum atomic E-state index is -3.75. The van der Waals surface area contributed by atoms with E-state index in [1.165, 1.54) is 24.3 Å². The number of hydrogen-bond acceptors (Lipinski definition) is 5. The van der Waals surface area contributed by atoms with Crippen LogP contribution in [0.5, 0.6) is 0 Å². The fraction of sp³-hybridized carbons (Fsp3) is 0.538. The maximum absolute atomic E-state index is 12.6. The third-order valence-corrected chi connectivity index (χ3v) is 5.60. The summed E-state index contributed by atoms with van der Waals surface area (Å²) in [6.07, 6.45) is 0.634. The molecule has 7 heteroatoms. The Hall–Kier alpha value is -1.47. The van der Waals surface area contributed by atoms with Crippen molar-refractivity contribution in [1.29, 1.82) is 0 Å². The summed E-state index contributed by atoms with van der Waals surface area (Å²) in [4.78, 5) is 10.1. The lowest BCUT2D eigenvalue weighted by Crippen LogP contribution is -2.42. The van der Waals surface area contributed by atoms with E-state index in [2.05, 4.69) is 5.32 Å². The summed E-state index contributed by atoms with van der Waals surface area (Å²) in [5.41, 5.74) is -0.370. The summed E-state index contributed by atoms with van der Waals surface area (Å²) in [6, 6.07) is 5.24. The van der Waals surface area contributed by atoms with E-state index in [9.17, 15) is 18.5 Å². The largest absolute Gasteiger partial charge is 0.313 e. The summed E-state index contributed by atoms with van der Waals surface area (Å²) in [6.45, 7) is 6.02. The van der Waals surface area contributed by atoms with Gasteiger partial charge < -0.3 is 5.32 Å². The van der Waals surface area contributed by atoms with Crippen molar-refractivity contribution in [3.05, 3.63) is 34.4 Å². The molecule has 0 aliphatic rings. The Balaban J connectivity index is 3.26. The summed E-state index contributed by atoms with van der Waals surface area (Å²) in [5, 5.41) is 13.4. The summed E-state index contributed by atoms with van der Waals surface area (Å²) >= 11 is 0. The minimum absolute atomic E-state index is 0.214. The van der Waals surface area contributed by atoms with E-state index in [1.807, 2.05) is 13.8 Å². The van der Waals surface area contributed by atoms with Crippen molar-refractivity contribution in [3.8, 4) is 0 Å². The normalized spacial score (nSPS) is 14.8. The van der Waals surface area contributed by atoms with Crippen LogP contribution in [0.3, 0.4) is 0 Å². The molecule has 0 saturated heterocycles. The number of hydrogen-bond donors (Lipinski definition) is 1. The molecule has 0 bridgehead atoms. The van der Waals surface area contributed by atoms with E-state index >= 15 is 0 Å². The summed E-state index contributed by atoms with van der Waals surface area (Å²) in [5.74, 6) is 0. The second-order valence-corrected chi connectivity index (χ2v) is 6.82. The van der Waals surface area contributed by atoms with Gasteiger partial charge in [-0.3, -0.25) is 10.1 Å². The molecule has 1 rings (SSSR count). The second kappa shape index (κ2) is 6.81. The number of sulfone groups is 1. The lowest BCUT2D eigenvalue weighted by atomic mass is 10.2. The van der Waals surface area contributed by atoms with Crippen LogP contribution in [0.1, 0.15) is 27.2 Å². The van der Waals surface area contributed by atoms with Crippen molar-refractivity contribution in [2.45, 2.75) is 43.4 Å². The smallest absolute Gasteiger partial charge is 0.287 e. The molecule has 1 aromatic rings. The molecule has 1 N–H and O–H groups in total. The fourth-order valence-corrected chi connectivity index (χ4v) is 3.99. The molecule has 0 radical (unpaired) electrons. The Labute approximate surface area is 119 Å². The molecular formula is C13H20N2O4S. The van der Waals surface area contributed by atoms with Gasteiger partial charge >= 0.3 is 0 Å². The molecule has 2 atom stereocenters. The van der Waals surface area contributed by atoms with Gasteiger partial charge in [0.15, 0.2) is 9.84 Å². The van der Waals surface area contributed by atoms with Crippen LogP contribution < -0.4 is 5.32 Å². The first kappa shape index (κ1) is 16.6. The van der Waals surface area contributed by atoms with E-state index in [-0.39, 0.29) is 16.6 Å². The van der Waals surface area contributed by atoms with Gasteiger partial charge in [0, 0.05) is 12.1 Å². The van der Waals surface area contributed by atoms with Crippen LogP contribution in [-0.2, 0) is 9.84 Å². The first-order valence-corrected chi connectivity index (χ1v) is 8.11. The molecule has 20 heavy (non-hydrogen) atoms. The molecule has 0 fully saturated rings. The fourth-order valence-electron chi connectivity index (χ4n) is 2.17. The highest BCUT2D eigenvalue weighted by atomic mass is 32.2. The van der Waals surface area contributed by atoms with Gasteiger partial charge in [-0.2, -0.15) is 0 Å². The molecular weight excluding hydrogens is 280 g/mol. The van der Waals surface area contributed by atoms with Crippen LogP contribution in [0.4, 0.5) is 5.69 Å². The lowest BCUT2D eigenvalue weighted by molar-refractivity contribution is -0.387. The number of rotatable bonds is 7. The van der Waals surface area contributed by atoms with Crippen LogP contribution >= 0.6 is 0 Å². The van der Waals surface area contributed by atoms with E-state index in [1.54, 1.807) is 6.92 Å². The number of nitro benzene ring substituents is 1. The molecule has 2 unspecified atom stereocenters. The monoisotopic (exact) mass is 300 g/mol. The number of nitrogens with one attached hydrogen (secondary N) is 1. The third-order valence-electron chi connectivity index (χ3n) is 3.33. The van der Waals surface area contributed by atoms with Gasteiger partial charge in [-0.25, -0.2) is 8.42 Å². The van der Waals surface area contributed by atoms with Crippen molar-refractivity contribution in [1.82, 2.24) is 5.32 Å². The Kier molecular flexibility index (Phi) is 5.64. The molecule has 0 spiro atoms. The number of benzene rings is 1. The molecule has 0 saturated carbocycles. The first-order chi connectivity index (χ1) is 9.36. The van der Waals surface area contributed by atoms with Gasteiger partial charge in [0.25, 0.3) is 5.69 Å². The van der Waals surface area contributed by atoms with Gasteiger partial charge in [0.2, 0.25) is 0 Å². The Morgan fingerprint density at radius 3 is 2.40 bits per heavy atom. The van der Waals surface area contributed by atoms with Gasteiger partial charge in [0.05, 0.1) is 10.2 Å². The van der Waals surface area contributed by atoms with Gasteiger partial charge in [0.1, 0.15) is 4.90 Å². The van der Waals surface area contributed by atoms with E-state index < -0.39 is 20.0 Å². The zero-order chi connectivity index (χ0) is 15.3. The predicted molar refractivity (Wildman–Crippen MR) is 77.5 cm³/mol. The predicted octanol–water partition coefficient (Wildman–Crippen LogP) is 2.15. The van der Waals surface area contributed by atoms with Crippen molar-refractivity contribution < 1.29 is 13.3 Å². The highest BCUT2D eigenvalue weighted by Gasteiger charge is 2.34. The third kappa shape index (κ3) is 3.34. The molecule has 0 heterocycles. The van der Waals surface area contributed by atoms with E-state index in [0.29, 0.717) is 13.0 Å². The quantitative estimate of drug-likeness (QED) is 0.615. The average Bonchev–Trinajstić information content (AvgIpc) is 2.43. The zero-order valence-corrected chi connectivity index (χ0v) is 12.7. The number of nitrogens with zero attached hydrogens (tertiary/aromatic N) is 1. The topological polar surface area (TPSA) is 89.3 Å².